The zero-order valence-corrected chi connectivity index (χ0v) is 8.72. The van der Waals surface area contributed by atoms with Gasteiger partial charge in [-0.25, -0.2) is 14.5 Å². The molecule has 0 fully saturated rings. The first kappa shape index (κ1) is 12.1. The third-order valence-corrected chi connectivity index (χ3v) is 2.10. The van der Waals surface area contributed by atoms with E-state index in [1.54, 1.807) is 0 Å². The van der Waals surface area contributed by atoms with Crippen LogP contribution >= 0.6 is 0 Å². The van der Waals surface area contributed by atoms with Gasteiger partial charge in [-0.15, -0.1) is 0 Å². The number of aromatic carboxylic acids is 1. The highest BCUT2D eigenvalue weighted by Crippen LogP contribution is 2.30. The highest BCUT2D eigenvalue weighted by molar-refractivity contribution is 5.85. The lowest BCUT2D eigenvalue weighted by atomic mass is 10.3. The first-order valence-corrected chi connectivity index (χ1v) is 4.71. The Hall–Kier alpha value is -2.38. The second-order valence-corrected chi connectivity index (χ2v) is 3.31. The summed E-state index contributed by atoms with van der Waals surface area (Å²) in [4.78, 5) is 14.3. The molecule has 2 aromatic heterocycles. The molecule has 2 aromatic rings. The Morgan fingerprint density at radius 1 is 1.28 bits per heavy atom. The molecule has 1 N–H and O–H groups in total. The summed E-state index contributed by atoms with van der Waals surface area (Å²) in [5.41, 5.74) is -1.37. The fourth-order valence-electron chi connectivity index (χ4n) is 1.36. The summed E-state index contributed by atoms with van der Waals surface area (Å²) < 4.78 is 38.4. The standard InChI is InChI=1S/C10H6F3N3O2/c11-10(12,13)7-4-5-14-16(7)8-3-1-2-6(15-8)9(17)18/h1-5H,(H,17,18). The minimum absolute atomic E-state index is 0.202. The number of rotatable bonds is 2. The van der Waals surface area contributed by atoms with Crippen LogP contribution in [0, 0.1) is 0 Å². The third kappa shape index (κ3) is 2.17. The van der Waals surface area contributed by atoms with Gasteiger partial charge in [0.1, 0.15) is 5.69 Å². The van der Waals surface area contributed by atoms with Crippen molar-refractivity contribution in [3.8, 4) is 5.82 Å². The molecule has 0 spiro atoms. The maximum absolute atomic E-state index is 12.6. The molecule has 0 atom stereocenters. The topological polar surface area (TPSA) is 68.0 Å². The number of carboxylic acid groups (broad SMARTS) is 1. The van der Waals surface area contributed by atoms with Crippen molar-refractivity contribution in [2.75, 3.05) is 0 Å². The Morgan fingerprint density at radius 3 is 2.61 bits per heavy atom. The van der Waals surface area contributed by atoms with Crippen LogP contribution in [0.4, 0.5) is 13.2 Å². The fourth-order valence-corrected chi connectivity index (χ4v) is 1.36. The normalized spacial score (nSPS) is 11.5. The molecule has 0 aromatic carbocycles. The molecule has 8 heteroatoms. The molecule has 0 saturated carbocycles. The Kier molecular flexibility index (Phi) is 2.77. The molecule has 0 aliphatic heterocycles. The Bertz CT molecular complexity index is 592. The highest BCUT2D eigenvalue weighted by Gasteiger charge is 2.35. The molecular formula is C10H6F3N3O2. The van der Waals surface area contributed by atoms with Gasteiger partial charge in [0.2, 0.25) is 0 Å². The number of hydrogen-bond acceptors (Lipinski definition) is 3. The first-order valence-electron chi connectivity index (χ1n) is 4.71. The molecule has 0 aliphatic carbocycles. The van der Waals surface area contributed by atoms with Crippen molar-refractivity contribution in [1.29, 1.82) is 0 Å². The lowest BCUT2D eigenvalue weighted by molar-refractivity contribution is -0.142. The number of aromatic nitrogens is 3. The zero-order valence-electron chi connectivity index (χ0n) is 8.72. The van der Waals surface area contributed by atoms with Gasteiger partial charge in [0, 0.05) is 0 Å². The number of nitrogens with zero attached hydrogens (tertiary/aromatic N) is 3. The van der Waals surface area contributed by atoms with Crippen molar-refractivity contribution in [3.63, 3.8) is 0 Å². The van der Waals surface area contributed by atoms with Crippen LogP contribution in [-0.2, 0) is 6.18 Å². The van der Waals surface area contributed by atoms with Gasteiger partial charge < -0.3 is 5.11 Å². The maximum Gasteiger partial charge on any atom is 0.433 e. The molecule has 2 rings (SSSR count). The fraction of sp³-hybridized carbons (Fsp3) is 0.100. The Morgan fingerprint density at radius 2 is 2.00 bits per heavy atom. The Balaban J connectivity index is 2.53. The van der Waals surface area contributed by atoms with Crippen LogP contribution in [0.1, 0.15) is 16.2 Å². The number of hydrogen-bond donors (Lipinski definition) is 1. The molecule has 2 heterocycles. The van der Waals surface area contributed by atoms with E-state index in [9.17, 15) is 18.0 Å². The SMILES string of the molecule is O=C(O)c1cccc(-n2nccc2C(F)(F)F)n1. The van der Waals surface area contributed by atoms with E-state index in [-0.39, 0.29) is 11.5 Å². The van der Waals surface area contributed by atoms with Gasteiger partial charge in [0.05, 0.1) is 6.20 Å². The molecule has 0 radical (unpaired) electrons. The lowest BCUT2D eigenvalue weighted by Gasteiger charge is -2.09. The number of carboxylic acids is 1. The molecular weight excluding hydrogens is 251 g/mol. The summed E-state index contributed by atoms with van der Waals surface area (Å²) >= 11 is 0. The van der Waals surface area contributed by atoms with Gasteiger partial charge in [0.15, 0.2) is 11.5 Å². The largest absolute Gasteiger partial charge is 0.477 e. The van der Waals surface area contributed by atoms with E-state index < -0.39 is 17.8 Å². The van der Waals surface area contributed by atoms with Crippen LogP contribution in [-0.4, -0.2) is 25.8 Å². The molecule has 0 unspecified atom stereocenters. The van der Waals surface area contributed by atoms with Crippen LogP contribution in [0.3, 0.4) is 0 Å². The van der Waals surface area contributed by atoms with E-state index >= 15 is 0 Å². The van der Waals surface area contributed by atoms with Gasteiger partial charge >= 0.3 is 12.1 Å². The number of halogens is 3. The van der Waals surface area contributed by atoms with E-state index in [0.29, 0.717) is 4.68 Å². The molecule has 0 saturated heterocycles. The summed E-state index contributed by atoms with van der Waals surface area (Å²) in [5.74, 6) is -1.52. The van der Waals surface area contributed by atoms with E-state index in [0.717, 1.165) is 12.3 Å². The van der Waals surface area contributed by atoms with E-state index in [1.807, 2.05) is 0 Å². The molecule has 0 amide bonds. The van der Waals surface area contributed by atoms with Gasteiger partial charge in [-0.3, -0.25) is 0 Å². The number of pyridine rings is 1. The van der Waals surface area contributed by atoms with Gasteiger partial charge in [-0.1, -0.05) is 6.07 Å². The van der Waals surface area contributed by atoms with E-state index in [4.69, 9.17) is 5.11 Å². The number of alkyl halides is 3. The molecule has 5 nitrogen and oxygen atoms in total. The van der Waals surface area contributed by atoms with Crippen LogP contribution in [0.5, 0.6) is 0 Å². The minimum Gasteiger partial charge on any atom is -0.477 e. The Labute approximate surface area is 98.5 Å². The molecule has 0 aliphatic rings. The summed E-state index contributed by atoms with van der Waals surface area (Å²) in [6, 6.07) is 4.51. The van der Waals surface area contributed by atoms with Crippen molar-refractivity contribution in [2.45, 2.75) is 6.18 Å². The second kappa shape index (κ2) is 4.13. The van der Waals surface area contributed by atoms with E-state index in [2.05, 4.69) is 10.1 Å². The first-order chi connectivity index (χ1) is 8.39. The molecule has 94 valence electrons. The minimum atomic E-state index is -4.59. The van der Waals surface area contributed by atoms with Gasteiger partial charge in [0.25, 0.3) is 0 Å². The van der Waals surface area contributed by atoms with Crippen molar-refractivity contribution in [1.82, 2.24) is 14.8 Å². The predicted molar refractivity (Wildman–Crippen MR) is 53.3 cm³/mol. The quantitative estimate of drug-likeness (QED) is 0.893. The zero-order chi connectivity index (χ0) is 13.3. The van der Waals surface area contributed by atoms with Crippen LogP contribution in [0.2, 0.25) is 0 Å². The van der Waals surface area contributed by atoms with Crippen LogP contribution in [0.25, 0.3) is 5.82 Å². The smallest absolute Gasteiger partial charge is 0.433 e. The van der Waals surface area contributed by atoms with Crippen molar-refractivity contribution < 1.29 is 23.1 Å². The average Bonchev–Trinajstić information content (AvgIpc) is 2.77. The average molecular weight is 257 g/mol. The predicted octanol–water partition coefficient (Wildman–Crippen LogP) is 1.98. The molecule has 18 heavy (non-hydrogen) atoms. The highest BCUT2D eigenvalue weighted by atomic mass is 19.4. The third-order valence-electron chi connectivity index (χ3n) is 2.10. The second-order valence-electron chi connectivity index (χ2n) is 3.31. The summed E-state index contributed by atoms with van der Waals surface area (Å²) in [5, 5.41) is 12.2. The van der Waals surface area contributed by atoms with Crippen LogP contribution < -0.4 is 0 Å². The van der Waals surface area contributed by atoms with Gasteiger partial charge in [-0.2, -0.15) is 18.3 Å². The summed E-state index contributed by atoms with van der Waals surface area (Å²) in [6.07, 6.45) is -3.62. The monoisotopic (exact) mass is 257 g/mol. The number of carbonyl (C=O) groups is 1. The van der Waals surface area contributed by atoms with Crippen molar-refractivity contribution in [2.24, 2.45) is 0 Å². The summed E-state index contributed by atoms with van der Waals surface area (Å²) in [7, 11) is 0. The van der Waals surface area contributed by atoms with E-state index in [1.165, 1.54) is 18.2 Å². The van der Waals surface area contributed by atoms with Crippen LogP contribution in [0.15, 0.2) is 30.5 Å². The van der Waals surface area contributed by atoms with Gasteiger partial charge in [-0.05, 0) is 18.2 Å². The summed E-state index contributed by atoms with van der Waals surface area (Å²) in [6.45, 7) is 0. The van der Waals surface area contributed by atoms with Crippen molar-refractivity contribution >= 4 is 5.97 Å². The molecule has 0 bridgehead atoms. The lowest BCUT2D eigenvalue weighted by Crippen LogP contribution is -2.15. The van der Waals surface area contributed by atoms with Crippen molar-refractivity contribution in [3.05, 3.63) is 41.9 Å². The maximum atomic E-state index is 12.6.